The minimum absolute atomic E-state index is 0.0229. The molecule has 0 bridgehead atoms. The number of carbonyl (C=O) groups excluding carboxylic acids is 11. The van der Waals surface area contributed by atoms with Crippen molar-refractivity contribution in [3.05, 3.63) is 12.2 Å². The van der Waals surface area contributed by atoms with Gasteiger partial charge in [-0.15, -0.1) is 0 Å². The Hall–Kier alpha value is -6.13. The molecule has 0 aromatic heterocycles. The summed E-state index contributed by atoms with van der Waals surface area (Å²) in [5.74, 6) is -9.71. The van der Waals surface area contributed by atoms with Crippen molar-refractivity contribution in [2.45, 2.75) is 223 Å². The number of allylic oxidation sites excluding steroid dienone is 2. The maximum atomic E-state index is 15.1. The van der Waals surface area contributed by atoms with Crippen LogP contribution >= 0.6 is 0 Å². The van der Waals surface area contributed by atoms with E-state index in [0.717, 1.165) is 9.80 Å². The Balaban J connectivity index is 4.32. The molecule has 1 fully saturated rings. The fourth-order valence-corrected chi connectivity index (χ4v) is 10.7. The highest BCUT2D eigenvalue weighted by molar-refractivity contribution is 5.99. The Bertz CT molecular complexity index is 2330. The molecule has 12 atom stereocenters. The van der Waals surface area contributed by atoms with Gasteiger partial charge in [0, 0.05) is 49.3 Å². The van der Waals surface area contributed by atoms with E-state index in [2.05, 4.69) is 21.3 Å². The molecule has 23 heteroatoms. The van der Waals surface area contributed by atoms with Gasteiger partial charge < -0.3 is 60.7 Å². The summed E-state index contributed by atoms with van der Waals surface area (Å²) in [6.45, 7) is 29.3. The van der Waals surface area contributed by atoms with E-state index < -0.39 is 156 Å². The predicted octanol–water partition coefficient (Wildman–Crippen LogP) is 3.27. The number of aliphatic hydroxyl groups excluding tert-OH is 1. The molecule has 85 heavy (non-hydrogen) atoms. The molecule has 1 saturated heterocycles. The fraction of sp³-hybridized carbons (Fsp3) is 0.790. The molecule has 0 aromatic carbocycles. The molecule has 1 aliphatic heterocycles. The van der Waals surface area contributed by atoms with E-state index in [4.69, 9.17) is 0 Å². The lowest BCUT2D eigenvalue weighted by Crippen LogP contribution is -2.63. The molecule has 486 valence electrons. The summed E-state index contributed by atoms with van der Waals surface area (Å²) in [4.78, 5) is 169. The van der Waals surface area contributed by atoms with Crippen LogP contribution < -0.4 is 21.3 Å². The van der Waals surface area contributed by atoms with Crippen molar-refractivity contribution >= 4 is 65.0 Å². The summed E-state index contributed by atoms with van der Waals surface area (Å²) < 4.78 is 0. The van der Waals surface area contributed by atoms with Crippen LogP contribution in [0.5, 0.6) is 0 Å². The van der Waals surface area contributed by atoms with Gasteiger partial charge >= 0.3 is 0 Å². The third-order valence-corrected chi connectivity index (χ3v) is 16.1. The average molecular weight is 1200 g/mol. The molecule has 1 aliphatic rings. The van der Waals surface area contributed by atoms with Crippen LogP contribution in [0.15, 0.2) is 12.2 Å². The van der Waals surface area contributed by atoms with Crippen LogP contribution in [0.3, 0.4) is 0 Å². The lowest BCUT2D eigenvalue weighted by molar-refractivity contribution is -0.157. The maximum Gasteiger partial charge on any atom is 0.246 e. The standard InChI is InChI=1S/C62H111N11O12/c1-25-27-28-40(15)52(75)51-56(79)65-43(26-2)58(81)67(18)33-48(74)68(19)44(29-34(3)4)55(78)66-49(38(11)12)61(84)69(20)45(30-35(5)6)54(77)63-41(16)53(76)64-42(17)57(80)70(21)46(31-36(7)8)59(82)71(22)47(32-37(9)10)60(83)72(23)50(39(13)14)62(85)73(51)24/h25,27,34-47,49-52,75H,26,28-33H2,1-24H3,(H,63,77)(H,64,76)(H,65,79)(H,66,78)/b27-25+/t40-,41?,42?,43?,44?,45?,46?,47?,49?,50?,51?,52-/m1/s1. The van der Waals surface area contributed by atoms with Crippen molar-refractivity contribution < 1.29 is 57.8 Å². The summed E-state index contributed by atoms with van der Waals surface area (Å²) in [5.41, 5.74) is 0. The van der Waals surface area contributed by atoms with E-state index in [-0.39, 0.29) is 55.8 Å². The van der Waals surface area contributed by atoms with Crippen LogP contribution in [0.2, 0.25) is 0 Å². The first kappa shape index (κ1) is 76.9. The number of amides is 11. The fourth-order valence-electron chi connectivity index (χ4n) is 10.7. The van der Waals surface area contributed by atoms with Gasteiger partial charge in [-0.25, -0.2) is 0 Å². The quantitative estimate of drug-likeness (QED) is 0.148. The normalized spacial score (nSPS) is 26.9. The maximum absolute atomic E-state index is 15.1. The van der Waals surface area contributed by atoms with Gasteiger partial charge in [-0.05, 0) is 101 Å². The van der Waals surface area contributed by atoms with E-state index in [1.54, 1.807) is 54.5 Å². The van der Waals surface area contributed by atoms with E-state index in [1.807, 2.05) is 61.5 Å². The van der Waals surface area contributed by atoms with Crippen molar-refractivity contribution in [1.29, 1.82) is 0 Å². The van der Waals surface area contributed by atoms with Crippen LogP contribution in [0, 0.1) is 41.4 Å². The molecule has 0 aromatic rings. The Morgan fingerprint density at radius 3 is 1.32 bits per heavy atom. The summed E-state index contributed by atoms with van der Waals surface area (Å²) in [5, 5.41) is 23.1. The number of likely N-dealkylation sites (N-methyl/N-ethyl adjacent to an activating group) is 7. The van der Waals surface area contributed by atoms with Crippen molar-refractivity contribution in [1.82, 2.24) is 55.6 Å². The van der Waals surface area contributed by atoms with Gasteiger partial charge in [0.1, 0.15) is 60.4 Å². The second-order valence-corrected chi connectivity index (χ2v) is 26.1. The molecule has 11 amide bonds. The first-order valence-corrected chi connectivity index (χ1v) is 30.6. The van der Waals surface area contributed by atoms with Crippen LogP contribution in [-0.4, -0.2) is 227 Å². The Labute approximate surface area is 508 Å². The first-order chi connectivity index (χ1) is 39.2. The van der Waals surface area contributed by atoms with Gasteiger partial charge in [-0.1, -0.05) is 109 Å². The minimum atomic E-state index is -1.61. The van der Waals surface area contributed by atoms with Gasteiger partial charge in [0.05, 0.1) is 12.6 Å². The zero-order valence-corrected chi connectivity index (χ0v) is 56.1. The van der Waals surface area contributed by atoms with E-state index >= 15 is 9.59 Å². The zero-order chi connectivity index (χ0) is 66.0. The summed E-state index contributed by atoms with van der Waals surface area (Å²) in [6, 6.07) is -12.3. The van der Waals surface area contributed by atoms with Crippen LogP contribution in [-0.2, 0) is 52.7 Å². The summed E-state index contributed by atoms with van der Waals surface area (Å²) in [7, 11) is 9.92. The monoisotopic (exact) mass is 1200 g/mol. The van der Waals surface area contributed by atoms with Crippen molar-refractivity contribution in [3.8, 4) is 0 Å². The van der Waals surface area contributed by atoms with Crippen molar-refractivity contribution in [2.75, 3.05) is 55.9 Å². The number of nitrogens with one attached hydrogen (secondary N) is 4. The van der Waals surface area contributed by atoms with Crippen LogP contribution in [0.25, 0.3) is 0 Å². The molecule has 0 aliphatic carbocycles. The number of rotatable bonds is 15. The topological polar surface area (TPSA) is 279 Å². The summed E-state index contributed by atoms with van der Waals surface area (Å²) in [6.07, 6.45) is 3.04. The molecule has 10 unspecified atom stereocenters. The van der Waals surface area contributed by atoms with Gasteiger partial charge in [0.15, 0.2) is 0 Å². The molecule has 1 heterocycles. The molecule has 0 radical (unpaired) electrons. The predicted molar refractivity (Wildman–Crippen MR) is 328 cm³/mol. The largest absolute Gasteiger partial charge is 0.390 e. The second kappa shape index (κ2) is 34.9. The zero-order valence-electron chi connectivity index (χ0n) is 56.1. The average Bonchev–Trinajstić information content (AvgIpc) is 3.62. The van der Waals surface area contributed by atoms with Gasteiger partial charge in [0.2, 0.25) is 65.0 Å². The van der Waals surface area contributed by atoms with E-state index in [9.17, 15) is 48.3 Å². The van der Waals surface area contributed by atoms with Crippen LogP contribution in [0.4, 0.5) is 0 Å². The van der Waals surface area contributed by atoms with Crippen molar-refractivity contribution in [2.24, 2.45) is 41.4 Å². The number of carbonyl (C=O) groups is 11. The van der Waals surface area contributed by atoms with E-state index in [1.165, 1.54) is 87.7 Å². The van der Waals surface area contributed by atoms with Gasteiger partial charge in [-0.3, -0.25) is 52.7 Å². The SMILES string of the molecule is C/C=C/C[C@@H](C)[C@@H](O)C1C(=O)NC(CC)C(=O)N(C)CC(=O)N(C)C(CC(C)C)C(=O)NC(C(C)C)C(=O)N(C)C(CC(C)C)C(=O)NC(C)C(=O)NC(C)C(=O)N(C)C(CC(C)C)C(=O)N(C)C(CC(C)C)C(=O)N(C)C(C(C)C)C(=O)N1C. The molecule has 0 spiro atoms. The van der Waals surface area contributed by atoms with Gasteiger partial charge in [-0.2, -0.15) is 0 Å². The number of aliphatic hydroxyl groups is 1. The molecule has 1 rings (SSSR count). The molecule has 0 saturated carbocycles. The Kier molecular flexibility index (Phi) is 31.5. The third-order valence-electron chi connectivity index (χ3n) is 16.1. The highest BCUT2D eigenvalue weighted by Crippen LogP contribution is 2.26. The lowest BCUT2D eigenvalue weighted by Gasteiger charge is -2.41. The molecule has 5 N–H and O–H groups in total. The number of hydrogen-bond acceptors (Lipinski definition) is 12. The van der Waals surface area contributed by atoms with Crippen molar-refractivity contribution in [3.63, 3.8) is 0 Å². The lowest BCUT2D eigenvalue weighted by atomic mass is 9.91. The molecule has 23 nitrogen and oxygen atoms in total. The third kappa shape index (κ3) is 21.7. The number of hydrogen-bond donors (Lipinski definition) is 5. The second-order valence-electron chi connectivity index (χ2n) is 26.1. The Morgan fingerprint density at radius 1 is 0.459 bits per heavy atom. The van der Waals surface area contributed by atoms with Gasteiger partial charge in [0.25, 0.3) is 0 Å². The highest BCUT2D eigenvalue weighted by Gasteiger charge is 2.45. The Morgan fingerprint density at radius 2 is 0.871 bits per heavy atom. The molecular formula is C62H111N11O12. The van der Waals surface area contributed by atoms with E-state index in [0.29, 0.717) is 6.42 Å². The summed E-state index contributed by atoms with van der Waals surface area (Å²) >= 11 is 0. The molecular weight excluding hydrogens is 1090 g/mol. The first-order valence-electron chi connectivity index (χ1n) is 30.6. The smallest absolute Gasteiger partial charge is 0.246 e. The van der Waals surface area contributed by atoms with Crippen LogP contribution in [0.1, 0.15) is 156 Å². The minimum Gasteiger partial charge on any atom is -0.390 e. The highest BCUT2D eigenvalue weighted by atomic mass is 16.3. The number of nitrogens with zero attached hydrogens (tertiary/aromatic N) is 7.